The number of amides is 1. The SMILES string of the molecule is CC[C@@H](C(=O)Nc1ccc(Br)c(C)c1)N(c1ccc(C)c(C)c1)S(C)(=O)=O. The second kappa shape index (κ2) is 8.44. The summed E-state index contributed by atoms with van der Waals surface area (Å²) in [6.45, 7) is 7.61. The Morgan fingerprint density at radius 1 is 1.07 bits per heavy atom. The molecule has 0 aromatic heterocycles. The topological polar surface area (TPSA) is 66.5 Å². The first kappa shape index (κ1) is 21.4. The third-order valence-corrected chi connectivity index (χ3v) is 6.57. The van der Waals surface area contributed by atoms with Crippen molar-refractivity contribution in [3.05, 3.63) is 57.6 Å². The number of aryl methyl sites for hydroxylation is 3. The average molecular weight is 453 g/mol. The van der Waals surface area contributed by atoms with E-state index in [0.29, 0.717) is 17.8 Å². The predicted octanol–water partition coefficient (Wildman–Crippen LogP) is 4.56. The van der Waals surface area contributed by atoms with Gasteiger partial charge in [0.05, 0.1) is 11.9 Å². The first-order valence-electron chi connectivity index (χ1n) is 8.68. The molecule has 0 fully saturated rings. The minimum Gasteiger partial charge on any atom is -0.324 e. The van der Waals surface area contributed by atoms with Crippen LogP contribution in [0.3, 0.4) is 0 Å². The van der Waals surface area contributed by atoms with Crippen LogP contribution in [0.5, 0.6) is 0 Å². The summed E-state index contributed by atoms with van der Waals surface area (Å²) < 4.78 is 27.2. The number of rotatable bonds is 6. The third kappa shape index (κ3) is 5.11. The summed E-state index contributed by atoms with van der Waals surface area (Å²) in [6.07, 6.45) is 1.48. The number of nitrogens with one attached hydrogen (secondary N) is 1. The van der Waals surface area contributed by atoms with E-state index < -0.39 is 16.1 Å². The van der Waals surface area contributed by atoms with Crippen molar-refractivity contribution in [2.24, 2.45) is 0 Å². The summed E-state index contributed by atoms with van der Waals surface area (Å²) in [5.74, 6) is -0.358. The summed E-state index contributed by atoms with van der Waals surface area (Å²) in [5, 5.41) is 2.84. The van der Waals surface area contributed by atoms with Crippen molar-refractivity contribution in [1.29, 1.82) is 0 Å². The van der Waals surface area contributed by atoms with Gasteiger partial charge < -0.3 is 5.32 Å². The Hall–Kier alpha value is -1.86. The van der Waals surface area contributed by atoms with Crippen molar-refractivity contribution < 1.29 is 13.2 Å². The number of sulfonamides is 1. The van der Waals surface area contributed by atoms with E-state index >= 15 is 0 Å². The number of hydrogen-bond donors (Lipinski definition) is 1. The summed E-state index contributed by atoms with van der Waals surface area (Å²) >= 11 is 3.43. The first-order valence-corrected chi connectivity index (χ1v) is 11.3. The molecule has 0 saturated heterocycles. The highest BCUT2D eigenvalue weighted by molar-refractivity contribution is 9.10. The monoisotopic (exact) mass is 452 g/mol. The van der Waals surface area contributed by atoms with Crippen LogP contribution in [0.4, 0.5) is 11.4 Å². The maximum atomic E-state index is 12.9. The van der Waals surface area contributed by atoms with Crippen molar-refractivity contribution >= 4 is 43.2 Å². The van der Waals surface area contributed by atoms with E-state index in [9.17, 15) is 13.2 Å². The molecule has 0 saturated carbocycles. The van der Waals surface area contributed by atoms with Gasteiger partial charge in [-0.15, -0.1) is 0 Å². The smallest absolute Gasteiger partial charge is 0.248 e. The van der Waals surface area contributed by atoms with Crippen LogP contribution < -0.4 is 9.62 Å². The van der Waals surface area contributed by atoms with E-state index in [-0.39, 0.29) is 5.91 Å². The zero-order valence-corrected chi connectivity index (χ0v) is 18.6. The molecule has 2 aromatic rings. The van der Waals surface area contributed by atoms with E-state index in [2.05, 4.69) is 21.2 Å². The number of halogens is 1. The Bertz CT molecular complexity index is 958. The highest BCUT2D eigenvalue weighted by Crippen LogP contribution is 2.26. The van der Waals surface area contributed by atoms with Gasteiger partial charge in [-0.1, -0.05) is 28.9 Å². The number of carbonyl (C=O) groups is 1. The van der Waals surface area contributed by atoms with Crippen LogP contribution in [0, 0.1) is 20.8 Å². The van der Waals surface area contributed by atoms with Gasteiger partial charge in [-0.2, -0.15) is 0 Å². The molecule has 1 N–H and O–H groups in total. The Balaban J connectivity index is 2.40. The zero-order valence-electron chi connectivity index (χ0n) is 16.2. The highest BCUT2D eigenvalue weighted by Gasteiger charge is 2.31. The Kier molecular flexibility index (Phi) is 6.70. The lowest BCUT2D eigenvalue weighted by Gasteiger charge is -2.30. The summed E-state index contributed by atoms with van der Waals surface area (Å²) in [4.78, 5) is 12.9. The van der Waals surface area contributed by atoms with Gasteiger partial charge in [-0.3, -0.25) is 9.10 Å². The third-order valence-electron chi connectivity index (χ3n) is 4.50. The number of hydrogen-bond acceptors (Lipinski definition) is 3. The molecule has 0 aliphatic carbocycles. The molecule has 5 nitrogen and oxygen atoms in total. The number of anilines is 2. The lowest BCUT2D eigenvalue weighted by atomic mass is 10.1. The second-order valence-corrected chi connectivity index (χ2v) is 9.42. The van der Waals surface area contributed by atoms with E-state index in [1.54, 1.807) is 25.1 Å². The van der Waals surface area contributed by atoms with Crippen LogP contribution in [0.2, 0.25) is 0 Å². The molecule has 1 atom stereocenters. The molecule has 0 heterocycles. The van der Waals surface area contributed by atoms with Crippen molar-refractivity contribution in [2.45, 2.75) is 40.2 Å². The lowest BCUT2D eigenvalue weighted by molar-refractivity contribution is -0.117. The fourth-order valence-electron chi connectivity index (χ4n) is 2.87. The van der Waals surface area contributed by atoms with Gasteiger partial charge in [0.1, 0.15) is 6.04 Å². The minimum absolute atomic E-state index is 0.349. The number of carbonyl (C=O) groups excluding carboxylic acids is 1. The van der Waals surface area contributed by atoms with Gasteiger partial charge >= 0.3 is 0 Å². The quantitative estimate of drug-likeness (QED) is 0.698. The van der Waals surface area contributed by atoms with Crippen LogP contribution >= 0.6 is 15.9 Å². The van der Waals surface area contributed by atoms with Crippen molar-refractivity contribution in [1.82, 2.24) is 0 Å². The maximum absolute atomic E-state index is 12.9. The van der Waals surface area contributed by atoms with Gasteiger partial charge in [-0.25, -0.2) is 8.42 Å². The lowest BCUT2D eigenvalue weighted by Crippen LogP contribution is -2.47. The molecular weight excluding hydrogens is 428 g/mol. The molecule has 0 spiro atoms. The molecule has 2 rings (SSSR count). The summed E-state index contributed by atoms with van der Waals surface area (Å²) in [5.41, 5.74) is 4.15. The molecule has 0 radical (unpaired) electrons. The first-order chi connectivity index (χ1) is 12.5. The van der Waals surface area contributed by atoms with Crippen LogP contribution in [0.1, 0.15) is 30.0 Å². The molecule has 2 aromatic carbocycles. The summed E-state index contributed by atoms with van der Waals surface area (Å²) in [7, 11) is -3.65. The summed E-state index contributed by atoms with van der Waals surface area (Å²) in [6, 6.07) is 10.0. The second-order valence-electron chi connectivity index (χ2n) is 6.70. The molecule has 0 aliphatic rings. The van der Waals surface area contributed by atoms with Crippen molar-refractivity contribution in [3.8, 4) is 0 Å². The van der Waals surface area contributed by atoms with E-state index in [4.69, 9.17) is 0 Å². The van der Waals surface area contributed by atoms with Crippen LogP contribution in [0.15, 0.2) is 40.9 Å². The molecule has 27 heavy (non-hydrogen) atoms. The normalized spacial score (nSPS) is 12.5. The fraction of sp³-hybridized carbons (Fsp3) is 0.350. The van der Waals surface area contributed by atoms with Crippen LogP contribution in [0.25, 0.3) is 0 Å². The Morgan fingerprint density at radius 3 is 2.26 bits per heavy atom. The highest BCUT2D eigenvalue weighted by atomic mass is 79.9. The van der Waals surface area contributed by atoms with E-state index in [0.717, 1.165) is 27.4 Å². The Labute approximate surface area is 170 Å². The Morgan fingerprint density at radius 2 is 1.74 bits per heavy atom. The van der Waals surface area contributed by atoms with Gasteiger partial charge in [0.15, 0.2) is 0 Å². The van der Waals surface area contributed by atoms with Crippen molar-refractivity contribution in [2.75, 3.05) is 15.9 Å². The molecule has 7 heteroatoms. The maximum Gasteiger partial charge on any atom is 0.248 e. The van der Waals surface area contributed by atoms with E-state index in [1.807, 2.05) is 39.0 Å². The molecular formula is C20H25BrN2O3S. The largest absolute Gasteiger partial charge is 0.324 e. The predicted molar refractivity (Wildman–Crippen MR) is 115 cm³/mol. The molecule has 0 bridgehead atoms. The number of nitrogens with zero attached hydrogens (tertiary/aromatic N) is 1. The molecule has 0 aliphatic heterocycles. The van der Waals surface area contributed by atoms with Gasteiger partial charge in [-0.05, 0) is 74.2 Å². The average Bonchev–Trinajstić information content (AvgIpc) is 2.57. The molecule has 0 unspecified atom stereocenters. The van der Waals surface area contributed by atoms with Gasteiger partial charge in [0, 0.05) is 10.2 Å². The van der Waals surface area contributed by atoms with Crippen molar-refractivity contribution in [3.63, 3.8) is 0 Å². The standard InChI is InChI=1S/C20H25BrN2O3S/c1-6-19(20(24)22-16-8-10-18(21)15(4)11-16)23(27(5,25)26)17-9-7-13(2)14(3)12-17/h7-12,19H,6H2,1-5H3,(H,22,24)/t19-/m0/s1. The fourth-order valence-corrected chi connectivity index (χ4v) is 4.32. The van der Waals surface area contributed by atoms with Crippen LogP contribution in [-0.2, 0) is 14.8 Å². The minimum atomic E-state index is -3.65. The zero-order chi connectivity index (χ0) is 20.4. The molecule has 1 amide bonds. The van der Waals surface area contributed by atoms with Crippen LogP contribution in [-0.4, -0.2) is 26.6 Å². The molecule has 146 valence electrons. The van der Waals surface area contributed by atoms with Gasteiger partial charge in [0.2, 0.25) is 15.9 Å². The van der Waals surface area contributed by atoms with E-state index in [1.165, 1.54) is 4.31 Å². The van der Waals surface area contributed by atoms with Gasteiger partial charge in [0.25, 0.3) is 0 Å². The number of benzene rings is 2.